The zero-order valence-electron chi connectivity index (χ0n) is 13.4. The maximum atomic E-state index is 12.3. The molecule has 0 spiro atoms. The number of anilines is 1. The molecule has 2 aromatic carbocycles. The molecule has 25 heavy (non-hydrogen) atoms. The van der Waals surface area contributed by atoms with E-state index in [-0.39, 0.29) is 12.3 Å². The second-order valence-electron chi connectivity index (χ2n) is 6.00. The fourth-order valence-electron chi connectivity index (χ4n) is 3.23. The molecule has 0 saturated heterocycles. The maximum absolute atomic E-state index is 12.3. The molecule has 1 aromatic heterocycles. The van der Waals surface area contributed by atoms with E-state index in [1.54, 1.807) is 0 Å². The Bertz CT molecular complexity index is 1030. The van der Waals surface area contributed by atoms with E-state index in [2.05, 4.69) is 5.32 Å². The Morgan fingerprint density at radius 1 is 1.12 bits per heavy atom. The fourth-order valence-corrected chi connectivity index (χ4v) is 3.23. The Hall–Kier alpha value is -3.34. The number of nitrogens with zero attached hydrogens (tertiary/aromatic N) is 1. The summed E-state index contributed by atoms with van der Waals surface area (Å²) in [5, 5.41) is 12.8. The number of rotatable bonds is 4. The maximum Gasteiger partial charge on any atom is 0.305 e. The van der Waals surface area contributed by atoms with Gasteiger partial charge in [-0.3, -0.25) is 9.59 Å². The molecule has 0 saturated carbocycles. The van der Waals surface area contributed by atoms with Crippen LogP contribution in [0.5, 0.6) is 0 Å². The van der Waals surface area contributed by atoms with Gasteiger partial charge in [0, 0.05) is 46.0 Å². The van der Waals surface area contributed by atoms with Crippen molar-refractivity contribution in [2.45, 2.75) is 13.0 Å². The quantitative estimate of drug-likeness (QED) is 0.717. The standard InChI is InChI=1S/C20H16N2O3/c23-19(24)9-10-22-12-13(14-5-2-4-8-18(14)22)11-16-15-6-1-3-7-17(15)21-20(16)25/h1-8,11-12H,9-10H2,(H,21,25)(H,23,24)/b16-11-. The number of benzene rings is 2. The molecule has 5 heteroatoms. The zero-order chi connectivity index (χ0) is 17.4. The van der Waals surface area contributed by atoms with Gasteiger partial charge in [0.05, 0.1) is 6.42 Å². The number of aryl methyl sites for hydroxylation is 1. The second kappa shape index (κ2) is 5.94. The summed E-state index contributed by atoms with van der Waals surface area (Å²) in [6.07, 6.45) is 3.84. The lowest BCUT2D eigenvalue weighted by Gasteiger charge is -2.01. The topological polar surface area (TPSA) is 71.3 Å². The monoisotopic (exact) mass is 332 g/mol. The molecule has 0 atom stereocenters. The highest BCUT2D eigenvalue weighted by Crippen LogP contribution is 2.34. The largest absolute Gasteiger partial charge is 0.481 e. The summed E-state index contributed by atoms with van der Waals surface area (Å²) in [6.45, 7) is 0.391. The first-order valence-electron chi connectivity index (χ1n) is 8.05. The summed E-state index contributed by atoms with van der Waals surface area (Å²) in [6, 6.07) is 15.4. The van der Waals surface area contributed by atoms with Gasteiger partial charge in [0.25, 0.3) is 5.91 Å². The van der Waals surface area contributed by atoms with Crippen molar-refractivity contribution in [1.82, 2.24) is 4.57 Å². The number of carboxylic acids is 1. The van der Waals surface area contributed by atoms with Gasteiger partial charge in [0.15, 0.2) is 0 Å². The van der Waals surface area contributed by atoms with E-state index < -0.39 is 5.97 Å². The molecule has 0 radical (unpaired) electrons. The van der Waals surface area contributed by atoms with Crippen molar-refractivity contribution in [3.05, 3.63) is 65.9 Å². The molecule has 124 valence electrons. The Balaban J connectivity index is 1.82. The van der Waals surface area contributed by atoms with Crippen LogP contribution >= 0.6 is 0 Å². The average Bonchev–Trinajstić information content (AvgIpc) is 3.12. The lowest BCUT2D eigenvalue weighted by atomic mass is 10.0. The lowest BCUT2D eigenvalue weighted by molar-refractivity contribution is -0.137. The average molecular weight is 332 g/mol. The number of carbonyl (C=O) groups is 2. The van der Waals surface area contributed by atoms with Crippen LogP contribution in [-0.4, -0.2) is 21.6 Å². The third-order valence-corrected chi connectivity index (χ3v) is 4.40. The van der Waals surface area contributed by atoms with Gasteiger partial charge in [-0.25, -0.2) is 0 Å². The van der Waals surface area contributed by atoms with Gasteiger partial charge in [-0.2, -0.15) is 0 Å². The number of fused-ring (bicyclic) bond motifs is 2. The molecule has 4 rings (SSSR count). The van der Waals surface area contributed by atoms with Crippen molar-refractivity contribution in [3.8, 4) is 0 Å². The van der Waals surface area contributed by atoms with Crippen molar-refractivity contribution in [2.75, 3.05) is 5.32 Å². The summed E-state index contributed by atoms with van der Waals surface area (Å²) >= 11 is 0. The van der Waals surface area contributed by atoms with Gasteiger partial charge < -0.3 is 15.0 Å². The van der Waals surface area contributed by atoms with E-state index in [1.807, 2.05) is 65.4 Å². The van der Waals surface area contributed by atoms with Gasteiger partial charge in [0.2, 0.25) is 0 Å². The number of hydrogen-bond donors (Lipinski definition) is 2. The summed E-state index contributed by atoms with van der Waals surface area (Å²) in [5.74, 6) is -0.953. The van der Waals surface area contributed by atoms with Gasteiger partial charge in [-0.1, -0.05) is 36.4 Å². The van der Waals surface area contributed by atoms with Crippen LogP contribution < -0.4 is 5.32 Å². The number of para-hydroxylation sites is 2. The number of nitrogens with one attached hydrogen (secondary N) is 1. The van der Waals surface area contributed by atoms with E-state index in [9.17, 15) is 9.59 Å². The third kappa shape index (κ3) is 2.70. The number of carboxylic acid groups (broad SMARTS) is 1. The van der Waals surface area contributed by atoms with Gasteiger partial charge in [-0.15, -0.1) is 0 Å². The van der Waals surface area contributed by atoms with Crippen molar-refractivity contribution >= 4 is 40.1 Å². The number of amides is 1. The number of carbonyl (C=O) groups excluding carboxylic acids is 1. The number of hydrogen-bond acceptors (Lipinski definition) is 2. The lowest BCUT2D eigenvalue weighted by Crippen LogP contribution is -2.03. The molecule has 0 aliphatic carbocycles. The summed E-state index contributed by atoms with van der Waals surface area (Å²) < 4.78 is 1.93. The first kappa shape index (κ1) is 15.2. The Kier molecular flexibility index (Phi) is 3.61. The highest BCUT2D eigenvalue weighted by atomic mass is 16.4. The van der Waals surface area contributed by atoms with Crippen molar-refractivity contribution in [3.63, 3.8) is 0 Å². The minimum atomic E-state index is -0.832. The van der Waals surface area contributed by atoms with E-state index in [4.69, 9.17) is 5.11 Å². The van der Waals surface area contributed by atoms with E-state index >= 15 is 0 Å². The number of aliphatic carboxylic acids is 1. The molecule has 1 amide bonds. The molecule has 0 fully saturated rings. The minimum absolute atomic E-state index is 0.0536. The van der Waals surface area contributed by atoms with Crippen LogP contribution in [0.4, 0.5) is 5.69 Å². The summed E-state index contributed by atoms with van der Waals surface area (Å²) in [4.78, 5) is 23.2. The van der Waals surface area contributed by atoms with Gasteiger partial charge in [0.1, 0.15) is 0 Å². The van der Waals surface area contributed by atoms with Crippen LogP contribution in [0, 0.1) is 0 Å². The zero-order valence-corrected chi connectivity index (χ0v) is 13.4. The summed E-state index contributed by atoms with van der Waals surface area (Å²) in [7, 11) is 0. The molecule has 0 bridgehead atoms. The molecular formula is C20H16N2O3. The Morgan fingerprint density at radius 3 is 2.72 bits per heavy atom. The van der Waals surface area contributed by atoms with Crippen LogP contribution in [-0.2, 0) is 16.1 Å². The minimum Gasteiger partial charge on any atom is -0.481 e. The first-order chi connectivity index (χ1) is 12.1. The Morgan fingerprint density at radius 2 is 1.88 bits per heavy atom. The molecule has 0 unspecified atom stereocenters. The predicted molar refractivity (Wildman–Crippen MR) is 97.1 cm³/mol. The smallest absolute Gasteiger partial charge is 0.305 e. The highest BCUT2D eigenvalue weighted by Gasteiger charge is 2.23. The molecule has 1 aliphatic rings. The highest BCUT2D eigenvalue weighted by molar-refractivity contribution is 6.35. The summed E-state index contributed by atoms with van der Waals surface area (Å²) in [5.41, 5.74) is 4.19. The van der Waals surface area contributed by atoms with Crippen molar-refractivity contribution < 1.29 is 14.7 Å². The van der Waals surface area contributed by atoms with E-state index in [1.165, 1.54) is 0 Å². The molecule has 1 aliphatic heterocycles. The van der Waals surface area contributed by atoms with E-state index in [0.717, 1.165) is 27.7 Å². The molecule has 3 aromatic rings. The van der Waals surface area contributed by atoms with Crippen molar-refractivity contribution in [2.24, 2.45) is 0 Å². The molecule has 2 N–H and O–H groups in total. The predicted octanol–water partition coefficient (Wildman–Crippen LogP) is 3.61. The van der Waals surface area contributed by atoms with Crippen LogP contribution in [0.3, 0.4) is 0 Å². The van der Waals surface area contributed by atoms with Gasteiger partial charge >= 0.3 is 5.97 Å². The van der Waals surface area contributed by atoms with Crippen LogP contribution in [0.2, 0.25) is 0 Å². The Labute approximate surface area is 144 Å². The first-order valence-corrected chi connectivity index (χ1v) is 8.05. The molecule has 2 heterocycles. The van der Waals surface area contributed by atoms with Gasteiger partial charge in [-0.05, 0) is 18.2 Å². The van der Waals surface area contributed by atoms with Crippen molar-refractivity contribution in [1.29, 1.82) is 0 Å². The third-order valence-electron chi connectivity index (χ3n) is 4.40. The van der Waals surface area contributed by atoms with Crippen LogP contribution in [0.15, 0.2) is 54.7 Å². The fraction of sp³-hybridized carbons (Fsp3) is 0.100. The normalized spacial score (nSPS) is 14.7. The van der Waals surface area contributed by atoms with Crippen LogP contribution in [0.1, 0.15) is 17.5 Å². The van der Waals surface area contributed by atoms with E-state index in [0.29, 0.717) is 12.1 Å². The number of aromatic nitrogens is 1. The molecular weight excluding hydrogens is 316 g/mol. The SMILES string of the molecule is O=C(O)CCn1cc(/C=C2\C(=O)Nc3ccccc32)c2ccccc21. The molecule has 5 nitrogen and oxygen atoms in total. The second-order valence-corrected chi connectivity index (χ2v) is 6.00. The van der Waals surface area contributed by atoms with Crippen LogP contribution in [0.25, 0.3) is 22.6 Å².